The molecule has 2 aromatic rings. The maximum absolute atomic E-state index is 12.3. The highest BCUT2D eigenvalue weighted by atomic mass is 35.5. The summed E-state index contributed by atoms with van der Waals surface area (Å²) in [4.78, 5) is 27.7. The third-order valence-corrected chi connectivity index (χ3v) is 4.69. The largest absolute Gasteiger partial charge is 0.382 e. The van der Waals surface area contributed by atoms with Crippen molar-refractivity contribution in [3.8, 4) is 0 Å². The highest BCUT2D eigenvalue weighted by molar-refractivity contribution is 6.42. The van der Waals surface area contributed by atoms with Gasteiger partial charge in [-0.2, -0.15) is 0 Å². The zero-order chi connectivity index (χ0) is 18.8. The number of rotatable bonds is 4. The lowest BCUT2D eigenvalue weighted by atomic mass is 10.0. The van der Waals surface area contributed by atoms with E-state index in [-0.39, 0.29) is 22.8 Å². The lowest BCUT2D eigenvalue weighted by molar-refractivity contribution is -0.384. The van der Waals surface area contributed by atoms with Crippen molar-refractivity contribution in [2.45, 2.75) is 12.5 Å². The molecule has 1 N–H and O–H groups in total. The van der Waals surface area contributed by atoms with E-state index in [2.05, 4.69) is 10.5 Å². The smallest absolute Gasteiger partial charge is 0.271 e. The van der Waals surface area contributed by atoms with Gasteiger partial charge in [0.15, 0.2) is 0 Å². The number of carbonyl (C=O) groups excluding carboxylic acids is 1. The number of halogens is 3. The number of non-ortho nitro benzene ring substituents is 1. The van der Waals surface area contributed by atoms with Gasteiger partial charge in [0.1, 0.15) is 0 Å². The number of carbonyl (C=O) groups is 1. The molecule has 0 radical (unpaired) electrons. The fourth-order valence-electron chi connectivity index (χ4n) is 2.30. The molecule has 2 aromatic carbocycles. The summed E-state index contributed by atoms with van der Waals surface area (Å²) in [5, 5.41) is 18.0. The van der Waals surface area contributed by atoms with E-state index in [1.807, 2.05) is 0 Å². The van der Waals surface area contributed by atoms with E-state index in [9.17, 15) is 14.9 Å². The van der Waals surface area contributed by atoms with Gasteiger partial charge in [-0.3, -0.25) is 14.9 Å². The Morgan fingerprint density at radius 1 is 1.15 bits per heavy atom. The number of nitro groups is 1. The Morgan fingerprint density at radius 2 is 1.92 bits per heavy atom. The molecule has 1 amide bonds. The lowest BCUT2D eigenvalue weighted by Crippen LogP contribution is -2.28. The van der Waals surface area contributed by atoms with Crippen molar-refractivity contribution in [3.05, 3.63) is 67.1 Å². The minimum Gasteiger partial charge on any atom is -0.382 e. The number of oxime groups is 1. The summed E-state index contributed by atoms with van der Waals surface area (Å²) in [6.07, 6.45) is -0.625. The Kier molecular flexibility index (Phi) is 5.31. The summed E-state index contributed by atoms with van der Waals surface area (Å²) in [5.74, 6) is -0.473. The van der Waals surface area contributed by atoms with Gasteiger partial charge in [0.05, 0.1) is 31.4 Å². The molecular formula is C16H10Cl3N3O4. The Hall–Kier alpha value is -2.35. The number of nitrogens with one attached hydrogen (secondary N) is 1. The first-order chi connectivity index (χ1) is 12.3. The second-order valence-corrected chi connectivity index (χ2v) is 6.60. The number of hydrogen-bond donors (Lipinski definition) is 1. The molecule has 0 saturated carbocycles. The minimum absolute atomic E-state index is 0.0520. The maximum atomic E-state index is 12.3. The van der Waals surface area contributed by atoms with Gasteiger partial charge in [-0.1, -0.05) is 46.0 Å². The first-order valence-corrected chi connectivity index (χ1v) is 8.41. The van der Waals surface area contributed by atoms with Gasteiger partial charge in [-0.15, -0.1) is 0 Å². The molecule has 26 heavy (non-hydrogen) atoms. The van der Waals surface area contributed by atoms with E-state index in [1.165, 1.54) is 12.1 Å². The fraction of sp³-hybridized carbons (Fsp3) is 0.125. The van der Waals surface area contributed by atoms with Gasteiger partial charge >= 0.3 is 0 Å². The molecule has 1 aliphatic heterocycles. The van der Waals surface area contributed by atoms with Crippen LogP contribution in [0.5, 0.6) is 0 Å². The molecule has 0 aromatic heterocycles. The van der Waals surface area contributed by atoms with Gasteiger partial charge < -0.3 is 10.2 Å². The molecule has 0 aliphatic carbocycles. The Balaban J connectivity index is 1.67. The van der Waals surface area contributed by atoms with E-state index in [0.717, 1.165) is 6.07 Å². The van der Waals surface area contributed by atoms with Crippen LogP contribution in [0.25, 0.3) is 0 Å². The predicted octanol–water partition coefficient (Wildman–Crippen LogP) is 4.69. The Labute approximate surface area is 162 Å². The topological polar surface area (TPSA) is 93.8 Å². The van der Waals surface area contributed by atoms with E-state index in [1.54, 1.807) is 18.2 Å². The van der Waals surface area contributed by atoms with Crippen LogP contribution in [-0.2, 0) is 9.63 Å². The van der Waals surface area contributed by atoms with Crippen molar-refractivity contribution < 1.29 is 14.6 Å². The molecule has 134 valence electrons. The molecule has 1 heterocycles. The van der Waals surface area contributed by atoms with E-state index in [4.69, 9.17) is 39.6 Å². The van der Waals surface area contributed by atoms with Gasteiger partial charge in [0.2, 0.25) is 6.10 Å². The Bertz CT molecular complexity index is 933. The molecule has 0 saturated heterocycles. The van der Waals surface area contributed by atoms with Crippen LogP contribution >= 0.6 is 34.8 Å². The van der Waals surface area contributed by atoms with Gasteiger partial charge in [-0.25, -0.2) is 0 Å². The number of anilines is 1. The highest BCUT2D eigenvalue weighted by Gasteiger charge is 2.29. The van der Waals surface area contributed by atoms with Gasteiger partial charge in [-0.05, 0) is 18.2 Å². The summed E-state index contributed by atoms with van der Waals surface area (Å²) in [6.45, 7) is 0. The van der Waals surface area contributed by atoms with Gasteiger partial charge in [0, 0.05) is 24.1 Å². The van der Waals surface area contributed by atoms with Crippen LogP contribution < -0.4 is 5.32 Å². The second kappa shape index (κ2) is 7.49. The van der Waals surface area contributed by atoms with Crippen LogP contribution in [0.4, 0.5) is 11.4 Å². The number of nitro benzene ring substituents is 1. The number of hydrogen-bond acceptors (Lipinski definition) is 5. The van der Waals surface area contributed by atoms with Crippen molar-refractivity contribution in [1.29, 1.82) is 0 Å². The van der Waals surface area contributed by atoms with Crippen LogP contribution in [0.15, 0.2) is 41.6 Å². The quantitative estimate of drug-likeness (QED) is 0.580. The zero-order valence-electron chi connectivity index (χ0n) is 12.9. The van der Waals surface area contributed by atoms with Crippen molar-refractivity contribution in [3.63, 3.8) is 0 Å². The molecule has 7 nitrogen and oxygen atoms in total. The summed E-state index contributed by atoms with van der Waals surface area (Å²) in [6, 6.07) is 8.75. The Morgan fingerprint density at radius 3 is 2.58 bits per heavy atom. The molecular weight excluding hydrogens is 405 g/mol. The fourth-order valence-corrected chi connectivity index (χ4v) is 2.82. The first-order valence-electron chi connectivity index (χ1n) is 7.28. The highest BCUT2D eigenvalue weighted by Crippen LogP contribution is 2.28. The van der Waals surface area contributed by atoms with Crippen molar-refractivity contribution in [1.82, 2.24) is 0 Å². The molecule has 10 heteroatoms. The van der Waals surface area contributed by atoms with Crippen LogP contribution in [0.1, 0.15) is 12.0 Å². The SMILES string of the molecule is O=C(Nc1ccc([N+](=O)[O-])cc1Cl)C1CC(c2ccc(Cl)c(Cl)c2)=NO1. The molecule has 1 unspecified atom stereocenters. The summed E-state index contributed by atoms with van der Waals surface area (Å²) in [5.41, 5.74) is 1.32. The van der Waals surface area contributed by atoms with E-state index >= 15 is 0 Å². The molecule has 3 rings (SSSR count). The number of amides is 1. The van der Waals surface area contributed by atoms with E-state index < -0.39 is 16.9 Å². The monoisotopic (exact) mass is 413 g/mol. The average molecular weight is 415 g/mol. The lowest BCUT2D eigenvalue weighted by Gasteiger charge is -2.10. The number of benzene rings is 2. The van der Waals surface area contributed by atoms with Crippen molar-refractivity contribution in [2.24, 2.45) is 5.16 Å². The standard InChI is InChI=1S/C16H10Cl3N3O4/c17-10-3-1-8(5-11(10)18)14-7-15(26-21-14)16(23)20-13-4-2-9(22(24)25)6-12(13)19/h1-6,15H,7H2,(H,20,23). The van der Waals surface area contributed by atoms with Crippen LogP contribution in [-0.4, -0.2) is 22.6 Å². The van der Waals surface area contributed by atoms with E-state index in [0.29, 0.717) is 21.3 Å². The predicted molar refractivity (Wildman–Crippen MR) is 99.2 cm³/mol. The second-order valence-electron chi connectivity index (χ2n) is 5.38. The van der Waals surface area contributed by atoms with Crippen molar-refractivity contribution >= 4 is 57.8 Å². The molecule has 0 spiro atoms. The minimum atomic E-state index is -0.856. The number of nitrogens with zero attached hydrogens (tertiary/aromatic N) is 2. The van der Waals surface area contributed by atoms with Crippen LogP contribution in [0.2, 0.25) is 15.1 Å². The van der Waals surface area contributed by atoms with Crippen LogP contribution in [0.3, 0.4) is 0 Å². The summed E-state index contributed by atoms with van der Waals surface area (Å²) < 4.78 is 0. The summed E-state index contributed by atoms with van der Waals surface area (Å²) >= 11 is 17.8. The zero-order valence-corrected chi connectivity index (χ0v) is 15.2. The van der Waals surface area contributed by atoms with Crippen LogP contribution in [0, 0.1) is 10.1 Å². The third kappa shape index (κ3) is 3.90. The molecule has 1 atom stereocenters. The summed E-state index contributed by atoms with van der Waals surface area (Å²) in [7, 11) is 0. The van der Waals surface area contributed by atoms with Gasteiger partial charge in [0.25, 0.3) is 11.6 Å². The normalized spacial score (nSPS) is 16.0. The van der Waals surface area contributed by atoms with Crippen molar-refractivity contribution in [2.75, 3.05) is 5.32 Å². The molecule has 1 aliphatic rings. The first kappa shape index (κ1) is 18.4. The third-order valence-electron chi connectivity index (χ3n) is 3.64. The maximum Gasteiger partial charge on any atom is 0.271 e. The molecule has 0 bridgehead atoms. The average Bonchev–Trinajstić information content (AvgIpc) is 3.09. The molecule has 0 fully saturated rings.